The van der Waals surface area contributed by atoms with E-state index in [1.165, 1.54) is 22.3 Å². The minimum atomic E-state index is 0.949. The van der Waals surface area contributed by atoms with Gasteiger partial charge in [-0.3, -0.25) is 0 Å². The van der Waals surface area contributed by atoms with E-state index in [4.69, 9.17) is 0 Å². The highest BCUT2D eigenvalue weighted by atomic mass is 14.1. The molecule has 0 amide bonds. The molecular weight excluding hydrogens is 204 g/mol. The number of hydrogen-bond acceptors (Lipinski definition) is 0. The molecule has 0 nitrogen and oxygen atoms in total. The van der Waals surface area contributed by atoms with Crippen LogP contribution >= 0.6 is 0 Å². The molecule has 94 valence electrons. The second kappa shape index (κ2) is 7.89. The summed E-state index contributed by atoms with van der Waals surface area (Å²) in [4.78, 5) is 0. The van der Waals surface area contributed by atoms with Gasteiger partial charge in [0.05, 0.1) is 0 Å². The zero-order valence-corrected chi connectivity index (χ0v) is 12.1. The molecule has 0 fully saturated rings. The standard InChI is InChI=1S/C17H26/c1-8-14(5)10-11-17(9-2)16(7)12-15(6)13(3)4/h9-11H,5,7-8,12H2,1-4,6H3/b11-10-,17-9+. The highest BCUT2D eigenvalue weighted by Gasteiger charge is 2.01. The zero-order valence-electron chi connectivity index (χ0n) is 12.1. The normalized spacial score (nSPS) is 11.7. The topological polar surface area (TPSA) is 0 Å². The van der Waals surface area contributed by atoms with Crippen LogP contribution in [0.1, 0.15) is 47.5 Å². The van der Waals surface area contributed by atoms with Gasteiger partial charge in [-0.1, -0.05) is 55.0 Å². The molecule has 17 heavy (non-hydrogen) atoms. The van der Waals surface area contributed by atoms with E-state index < -0.39 is 0 Å². The van der Waals surface area contributed by atoms with Gasteiger partial charge in [-0.05, 0) is 51.7 Å². The van der Waals surface area contributed by atoms with Gasteiger partial charge in [0.1, 0.15) is 0 Å². The van der Waals surface area contributed by atoms with Crippen LogP contribution in [0, 0.1) is 0 Å². The minimum absolute atomic E-state index is 0.949. The third-order valence-electron chi connectivity index (χ3n) is 3.00. The second-order valence-corrected chi connectivity index (χ2v) is 4.65. The molecule has 0 aliphatic carbocycles. The molecule has 0 saturated carbocycles. The molecule has 0 heterocycles. The Balaban J connectivity index is 4.71. The van der Waals surface area contributed by atoms with Crippen LogP contribution in [0.5, 0.6) is 0 Å². The van der Waals surface area contributed by atoms with Crippen molar-refractivity contribution in [2.45, 2.75) is 47.5 Å². The summed E-state index contributed by atoms with van der Waals surface area (Å²) >= 11 is 0. The maximum atomic E-state index is 4.17. The van der Waals surface area contributed by atoms with Crippen molar-refractivity contribution >= 4 is 0 Å². The molecule has 0 unspecified atom stereocenters. The maximum Gasteiger partial charge on any atom is -0.00675 e. The summed E-state index contributed by atoms with van der Waals surface area (Å²) in [5, 5.41) is 0. The van der Waals surface area contributed by atoms with E-state index >= 15 is 0 Å². The number of rotatable bonds is 6. The monoisotopic (exact) mass is 230 g/mol. The van der Waals surface area contributed by atoms with Crippen LogP contribution in [0.2, 0.25) is 0 Å². The zero-order chi connectivity index (χ0) is 13.4. The molecule has 0 heteroatoms. The maximum absolute atomic E-state index is 4.17. The number of allylic oxidation sites excluding steroid dienone is 8. The lowest BCUT2D eigenvalue weighted by Crippen LogP contribution is -1.89. The first-order valence-electron chi connectivity index (χ1n) is 6.25. The molecule has 0 bridgehead atoms. The van der Waals surface area contributed by atoms with Crippen LogP contribution in [0.25, 0.3) is 0 Å². The van der Waals surface area contributed by atoms with Crippen molar-refractivity contribution in [2.75, 3.05) is 0 Å². The van der Waals surface area contributed by atoms with Gasteiger partial charge in [0.2, 0.25) is 0 Å². The smallest absolute Gasteiger partial charge is 0.00675 e. The van der Waals surface area contributed by atoms with E-state index in [9.17, 15) is 0 Å². The summed E-state index contributed by atoms with van der Waals surface area (Å²) in [5.41, 5.74) is 6.31. The van der Waals surface area contributed by atoms with E-state index in [2.05, 4.69) is 66.0 Å². The Morgan fingerprint density at radius 2 is 1.65 bits per heavy atom. The predicted molar refractivity (Wildman–Crippen MR) is 80.1 cm³/mol. The summed E-state index contributed by atoms with van der Waals surface area (Å²) < 4.78 is 0. The van der Waals surface area contributed by atoms with Crippen LogP contribution in [0.4, 0.5) is 0 Å². The number of hydrogen-bond donors (Lipinski definition) is 0. The van der Waals surface area contributed by atoms with Gasteiger partial charge in [-0.2, -0.15) is 0 Å². The van der Waals surface area contributed by atoms with Crippen molar-refractivity contribution < 1.29 is 0 Å². The minimum Gasteiger partial charge on any atom is -0.0958 e. The quantitative estimate of drug-likeness (QED) is 0.402. The summed E-state index contributed by atoms with van der Waals surface area (Å²) in [6, 6.07) is 0. The predicted octanol–water partition coefficient (Wildman–Crippen LogP) is 5.76. The summed E-state index contributed by atoms with van der Waals surface area (Å²) in [7, 11) is 0. The van der Waals surface area contributed by atoms with E-state index in [1.54, 1.807) is 0 Å². The van der Waals surface area contributed by atoms with Crippen molar-refractivity contribution in [3.8, 4) is 0 Å². The highest BCUT2D eigenvalue weighted by molar-refractivity contribution is 5.42. The summed E-state index contributed by atoms with van der Waals surface area (Å²) in [6.07, 6.45) is 8.25. The molecule has 0 spiro atoms. The third-order valence-corrected chi connectivity index (χ3v) is 3.00. The van der Waals surface area contributed by atoms with E-state index in [-0.39, 0.29) is 0 Å². The first-order valence-corrected chi connectivity index (χ1v) is 6.25. The third kappa shape index (κ3) is 6.11. The van der Waals surface area contributed by atoms with Crippen molar-refractivity contribution in [1.82, 2.24) is 0 Å². The highest BCUT2D eigenvalue weighted by Crippen LogP contribution is 2.20. The van der Waals surface area contributed by atoms with Gasteiger partial charge in [0.25, 0.3) is 0 Å². The molecule has 0 N–H and O–H groups in total. The largest absolute Gasteiger partial charge is 0.0958 e. The van der Waals surface area contributed by atoms with Gasteiger partial charge >= 0.3 is 0 Å². The van der Waals surface area contributed by atoms with Gasteiger partial charge in [-0.25, -0.2) is 0 Å². The van der Waals surface area contributed by atoms with Crippen LogP contribution in [0.3, 0.4) is 0 Å². The van der Waals surface area contributed by atoms with Crippen LogP contribution in [-0.4, -0.2) is 0 Å². The van der Waals surface area contributed by atoms with Crippen LogP contribution in [-0.2, 0) is 0 Å². The average Bonchev–Trinajstić information content (AvgIpc) is 2.29. The van der Waals surface area contributed by atoms with Crippen molar-refractivity contribution in [1.29, 1.82) is 0 Å². The van der Waals surface area contributed by atoms with Crippen LogP contribution in [0.15, 0.2) is 59.3 Å². The fourth-order valence-corrected chi connectivity index (χ4v) is 1.34. The Labute approximate surface area is 107 Å². The SMILES string of the molecule is C=C(/C=C\C(=C/C)C(=C)CC(C)=C(C)C)CC. The van der Waals surface area contributed by atoms with Crippen molar-refractivity contribution in [3.63, 3.8) is 0 Å². The Hall–Kier alpha value is -1.30. The lowest BCUT2D eigenvalue weighted by Gasteiger charge is -2.09. The van der Waals surface area contributed by atoms with E-state index in [1.807, 2.05) is 0 Å². The van der Waals surface area contributed by atoms with Crippen molar-refractivity contribution in [3.05, 3.63) is 59.3 Å². The van der Waals surface area contributed by atoms with Gasteiger partial charge < -0.3 is 0 Å². The lowest BCUT2D eigenvalue weighted by atomic mass is 9.97. The molecular formula is C17H26. The molecule has 0 atom stereocenters. The molecule has 0 rings (SSSR count). The molecule has 0 radical (unpaired) electrons. The molecule has 0 saturated heterocycles. The van der Waals surface area contributed by atoms with Gasteiger partial charge in [-0.15, -0.1) is 0 Å². The fourth-order valence-electron chi connectivity index (χ4n) is 1.34. The van der Waals surface area contributed by atoms with E-state index in [0.29, 0.717) is 0 Å². The Bertz CT molecular complexity index is 369. The Kier molecular flexibility index (Phi) is 7.29. The first-order chi connectivity index (χ1) is 7.92. The molecule has 0 aromatic heterocycles. The first kappa shape index (κ1) is 15.7. The van der Waals surface area contributed by atoms with E-state index in [0.717, 1.165) is 18.4 Å². The fraction of sp³-hybridized carbons (Fsp3) is 0.412. The Morgan fingerprint density at radius 3 is 2.06 bits per heavy atom. The molecule has 0 aliphatic rings. The summed E-state index contributed by atoms with van der Waals surface area (Å²) in [5.74, 6) is 0. The van der Waals surface area contributed by atoms with Crippen LogP contribution < -0.4 is 0 Å². The molecule has 0 aromatic carbocycles. The molecule has 0 aromatic rings. The van der Waals surface area contributed by atoms with Gasteiger partial charge in [0, 0.05) is 0 Å². The average molecular weight is 230 g/mol. The van der Waals surface area contributed by atoms with Crippen molar-refractivity contribution in [2.24, 2.45) is 0 Å². The summed E-state index contributed by atoms with van der Waals surface area (Å²) in [6.45, 7) is 18.8. The van der Waals surface area contributed by atoms with Gasteiger partial charge in [0.15, 0.2) is 0 Å². The Morgan fingerprint density at radius 1 is 1.06 bits per heavy atom. The lowest BCUT2D eigenvalue weighted by molar-refractivity contribution is 1.08. The molecule has 0 aliphatic heterocycles. The second-order valence-electron chi connectivity index (χ2n) is 4.65.